The smallest absolute Gasteiger partial charge is 0.308 e. The Morgan fingerprint density at radius 3 is 2.28 bits per heavy atom. The van der Waals surface area contributed by atoms with Crippen LogP contribution >= 0.6 is 0 Å². The molecule has 25 heavy (non-hydrogen) atoms. The average molecular weight is 343 g/mol. The fraction of sp³-hybridized carbons (Fsp3) is 0.263. The van der Waals surface area contributed by atoms with Gasteiger partial charge in [0.25, 0.3) is 0 Å². The molecule has 6 nitrogen and oxygen atoms in total. The summed E-state index contributed by atoms with van der Waals surface area (Å²) in [5, 5.41) is 0. The van der Waals surface area contributed by atoms with Crippen molar-refractivity contribution >= 4 is 17.6 Å². The molecule has 2 rings (SSSR count). The van der Waals surface area contributed by atoms with Crippen molar-refractivity contribution in [1.82, 2.24) is 0 Å². The van der Waals surface area contributed by atoms with E-state index >= 15 is 0 Å². The van der Waals surface area contributed by atoms with Crippen LogP contribution in [0.25, 0.3) is 0 Å². The molecule has 0 aliphatic heterocycles. The number of methoxy groups -OCH3 is 2. The predicted molar refractivity (Wildman–Crippen MR) is 94.2 cm³/mol. The third-order valence-electron chi connectivity index (χ3n) is 3.61. The van der Waals surface area contributed by atoms with Gasteiger partial charge in [-0.25, -0.2) is 0 Å². The van der Waals surface area contributed by atoms with Gasteiger partial charge in [-0.1, -0.05) is 12.1 Å². The van der Waals surface area contributed by atoms with Gasteiger partial charge in [-0.2, -0.15) is 0 Å². The molecule has 0 N–H and O–H groups in total. The number of carbonyl (C=O) groups excluding carboxylic acids is 2. The Kier molecular flexibility index (Phi) is 6.00. The molecule has 0 radical (unpaired) electrons. The van der Waals surface area contributed by atoms with E-state index in [0.29, 0.717) is 22.9 Å². The minimum absolute atomic E-state index is 0.190. The van der Waals surface area contributed by atoms with Gasteiger partial charge in [-0.3, -0.25) is 9.59 Å². The molecule has 0 aliphatic rings. The first-order valence-corrected chi connectivity index (χ1v) is 7.72. The number of benzene rings is 2. The van der Waals surface area contributed by atoms with Crippen LogP contribution in [0.3, 0.4) is 0 Å². The zero-order valence-corrected chi connectivity index (χ0v) is 14.7. The lowest BCUT2D eigenvalue weighted by Crippen LogP contribution is -2.28. The molecule has 0 spiro atoms. The average Bonchev–Trinajstić information content (AvgIpc) is 2.59. The molecule has 0 bridgehead atoms. The van der Waals surface area contributed by atoms with Gasteiger partial charge in [0.15, 0.2) is 5.75 Å². The van der Waals surface area contributed by atoms with Crippen molar-refractivity contribution in [3.8, 4) is 17.2 Å². The number of hydrogen-bond donors (Lipinski definition) is 0. The summed E-state index contributed by atoms with van der Waals surface area (Å²) in [5.41, 5.74) is 1.28. The highest BCUT2D eigenvalue weighted by atomic mass is 16.5. The molecule has 1 amide bonds. The van der Waals surface area contributed by atoms with Gasteiger partial charge in [-0.05, 0) is 30.3 Å². The number of rotatable bonds is 6. The number of amides is 1. The molecule has 0 aliphatic carbocycles. The van der Waals surface area contributed by atoms with E-state index in [1.165, 1.54) is 18.7 Å². The SMILES string of the molecule is COc1ccc(OC)c(CN(C(C)=O)c2ccccc2OC(C)=O)c1. The summed E-state index contributed by atoms with van der Waals surface area (Å²) in [6.45, 7) is 3.02. The molecule has 0 saturated heterocycles. The minimum Gasteiger partial charge on any atom is -0.497 e. The quantitative estimate of drug-likeness (QED) is 0.595. The van der Waals surface area contributed by atoms with E-state index in [0.717, 1.165) is 5.56 Å². The molecule has 0 unspecified atom stereocenters. The van der Waals surface area contributed by atoms with Crippen LogP contribution in [-0.4, -0.2) is 26.1 Å². The minimum atomic E-state index is -0.449. The number of ether oxygens (including phenoxy) is 3. The molecule has 2 aromatic carbocycles. The molecular weight excluding hydrogens is 322 g/mol. The molecule has 2 aromatic rings. The first kappa shape index (κ1) is 18.3. The van der Waals surface area contributed by atoms with Crippen LogP contribution in [0, 0.1) is 0 Å². The van der Waals surface area contributed by atoms with Crippen molar-refractivity contribution in [2.75, 3.05) is 19.1 Å². The highest BCUT2D eigenvalue weighted by molar-refractivity contribution is 5.93. The third kappa shape index (κ3) is 4.50. The lowest BCUT2D eigenvalue weighted by molar-refractivity contribution is -0.132. The maximum Gasteiger partial charge on any atom is 0.308 e. The summed E-state index contributed by atoms with van der Waals surface area (Å²) in [5.74, 6) is 0.982. The fourth-order valence-corrected chi connectivity index (χ4v) is 2.46. The van der Waals surface area contributed by atoms with Crippen molar-refractivity contribution in [3.63, 3.8) is 0 Å². The molecule has 0 fully saturated rings. The normalized spacial score (nSPS) is 10.1. The van der Waals surface area contributed by atoms with Gasteiger partial charge in [-0.15, -0.1) is 0 Å². The maximum atomic E-state index is 12.3. The van der Waals surface area contributed by atoms with E-state index in [-0.39, 0.29) is 12.5 Å². The first-order valence-electron chi connectivity index (χ1n) is 7.72. The monoisotopic (exact) mass is 343 g/mol. The van der Waals surface area contributed by atoms with E-state index in [9.17, 15) is 9.59 Å². The van der Waals surface area contributed by atoms with Gasteiger partial charge in [0.1, 0.15) is 11.5 Å². The van der Waals surface area contributed by atoms with E-state index < -0.39 is 5.97 Å². The van der Waals surface area contributed by atoms with Crippen LogP contribution in [0.15, 0.2) is 42.5 Å². The summed E-state index contributed by atoms with van der Waals surface area (Å²) in [7, 11) is 3.14. The Labute approximate surface area is 146 Å². The summed E-state index contributed by atoms with van der Waals surface area (Å²) in [6, 6.07) is 12.3. The molecule has 6 heteroatoms. The second-order valence-corrected chi connectivity index (χ2v) is 5.34. The van der Waals surface area contributed by atoms with E-state index in [1.807, 2.05) is 6.07 Å². The van der Waals surface area contributed by atoms with E-state index in [2.05, 4.69) is 0 Å². The summed E-state index contributed by atoms with van der Waals surface area (Å²) in [4.78, 5) is 25.1. The number of nitrogens with zero attached hydrogens (tertiary/aromatic N) is 1. The van der Waals surface area contributed by atoms with Crippen molar-refractivity contribution in [3.05, 3.63) is 48.0 Å². The Balaban J connectivity index is 2.44. The van der Waals surface area contributed by atoms with Gasteiger partial charge in [0, 0.05) is 19.4 Å². The Morgan fingerprint density at radius 2 is 1.68 bits per heavy atom. The summed E-state index contributed by atoms with van der Waals surface area (Å²) in [6.07, 6.45) is 0. The summed E-state index contributed by atoms with van der Waals surface area (Å²) >= 11 is 0. The second-order valence-electron chi connectivity index (χ2n) is 5.34. The summed E-state index contributed by atoms with van der Waals surface area (Å²) < 4.78 is 15.9. The zero-order chi connectivity index (χ0) is 18.4. The number of esters is 1. The van der Waals surface area contributed by atoms with Gasteiger partial charge in [0.05, 0.1) is 26.5 Å². The van der Waals surface area contributed by atoms with Crippen LogP contribution in [-0.2, 0) is 16.1 Å². The van der Waals surface area contributed by atoms with Crippen LogP contribution in [0.2, 0.25) is 0 Å². The highest BCUT2D eigenvalue weighted by Gasteiger charge is 2.19. The molecule has 132 valence electrons. The van der Waals surface area contributed by atoms with Crippen molar-refractivity contribution in [1.29, 1.82) is 0 Å². The topological polar surface area (TPSA) is 65.1 Å². The maximum absolute atomic E-state index is 12.3. The lowest BCUT2D eigenvalue weighted by Gasteiger charge is -2.24. The molecular formula is C19H21NO5. The van der Waals surface area contributed by atoms with Crippen molar-refractivity contribution < 1.29 is 23.8 Å². The van der Waals surface area contributed by atoms with Crippen molar-refractivity contribution in [2.45, 2.75) is 20.4 Å². The molecule has 0 atom stereocenters. The molecule has 0 heterocycles. The Morgan fingerprint density at radius 1 is 0.960 bits per heavy atom. The Bertz CT molecular complexity index is 772. The van der Waals surface area contributed by atoms with Gasteiger partial charge < -0.3 is 19.1 Å². The van der Waals surface area contributed by atoms with E-state index in [1.54, 1.807) is 50.6 Å². The van der Waals surface area contributed by atoms with Crippen molar-refractivity contribution in [2.24, 2.45) is 0 Å². The largest absolute Gasteiger partial charge is 0.497 e. The fourth-order valence-electron chi connectivity index (χ4n) is 2.46. The van der Waals surface area contributed by atoms with Crippen LogP contribution in [0.4, 0.5) is 5.69 Å². The zero-order valence-electron chi connectivity index (χ0n) is 14.7. The number of anilines is 1. The number of hydrogen-bond acceptors (Lipinski definition) is 5. The van der Waals surface area contributed by atoms with Crippen LogP contribution < -0.4 is 19.1 Å². The predicted octanol–water partition coefficient (Wildman–Crippen LogP) is 3.18. The van der Waals surface area contributed by atoms with Crippen LogP contribution in [0.5, 0.6) is 17.2 Å². The van der Waals surface area contributed by atoms with E-state index in [4.69, 9.17) is 14.2 Å². The Hall–Kier alpha value is -3.02. The molecule has 0 aromatic heterocycles. The van der Waals surface area contributed by atoms with Crippen LogP contribution in [0.1, 0.15) is 19.4 Å². The third-order valence-corrected chi connectivity index (χ3v) is 3.61. The highest BCUT2D eigenvalue weighted by Crippen LogP contribution is 2.32. The lowest BCUT2D eigenvalue weighted by atomic mass is 10.1. The number of para-hydroxylation sites is 2. The van der Waals surface area contributed by atoms with Gasteiger partial charge in [0.2, 0.25) is 5.91 Å². The first-order chi connectivity index (χ1) is 12.0. The standard InChI is InChI=1S/C19H21NO5/c1-13(21)20(17-7-5-6-8-19(17)25-14(2)22)12-15-11-16(23-3)9-10-18(15)24-4/h5-11H,12H2,1-4H3. The number of carbonyl (C=O) groups is 2. The van der Waals surface area contributed by atoms with Gasteiger partial charge >= 0.3 is 5.97 Å². The second kappa shape index (κ2) is 8.19. The molecule has 0 saturated carbocycles.